The molecule has 0 aliphatic rings. The van der Waals surface area contributed by atoms with E-state index in [9.17, 15) is 4.79 Å². The minimum atomic E-state index is 0.0813. The number of carbonyl (C=O) groups excluding carboxylic acids is 1. The van der Waals surface area contributed by atoms with Gasteiger partial charge in [0.15, 0.2) is 11.5 Å². The molecule has 0 aliphatic carbocycles. The maximum atomic E-state index is 12.4. The molecule has 7 nitrogen and oxygen atoms in total. The average molecular weight is 318 g/mol. The van der Waals surface area contributed by atoms with Crippen molar-refractivity contribution in [3.63, 3.8) is 0 Å². The van der Waals surface area contributed by atoms with Gasteiger partial charge in [-0.25, -0.2) is 4.98 Å². The summed E-state index contributed by atoms with van der Waals surface area (Å²) < 4.78 is 12.2. The summed E-state index contributed by atoms with van der Waals surface area (Å²) in [6.07, 6.45) is 3.47. The molecule has 0 aliphatic heterocycles. The molecule has 1 heterocycles. The molecule has 1 aromatic heterocycles. The molecule has 0 N–H and O–H groups in total. The monoisotopic (exact) mass is 318 g/mol. The minimum absolute atomic E-state index is 0.0813. The standard InChI is InChI=1S/C16H22N4O3/c1-4-19(16(21)7-8-20-12-17-11-18-20)10-13-5-6-14(22-2)15(9-13)23-3/h5-6,9,11-12H,4,7-8,10H2,1-3H3. The van der Waals surface area contributed by atoms with Gasteiger partial charge in [-0.05, 0) is 24.6 Å². The van der Waals surface area contributed by atoms with E-state index >= 15 is 0 Å². The molecule has 0 saturated heterocycles. The van der Waals surface area contributed by atoms with Crippen molar-refractivity contribution in [2.24, 2.45) is 0 Å². The van der Waals surface area contributed by atoms with Gasteiger partial charge in [0, 0.05) is 19.5 Å². The molecule has 1 aromatic carbocycles. The van der Waals surface area contributed by atoms with E-state index in [4.69, 9.17) is 9.47 Å². The summed E-state index contributed by atoms with van der Waals surface area (Å²) in [6, 6.07) is 5.68. The van der Waals surface area contributed by atoms with Crippen molar-refractivity contribution in [2.75, 3.05) is 20.8 Å². The first-order chi connectivity index (χ1) is 11.2. The topological polar surface area (TPSA) is 69.5 Å². The summed E-state index contributed by atoms with van der Waals surface area (Å²) in [5.74, 6) is 1.42. The fourth-order valence-corrected chi connectivity index (χ4v) is 2.29. The van der Waals surface area contributed by atoms with Crippen molar-refractivity contribution < 1.29 is 14.3 Å². The van der Waals surface area contributed by atoms with Gasteiger partial charge in [-0.2, -0.15) is 5.10 Å². The summed E-state index contributed by atoms with van der Waals surface area (Å²) in [4.78, 5) is 18.0. The zero-order valence-corrected chi connectivity index (χ0v) is 13.7. The van der Waals surface area contributed by atoms with Gasteiger partial charge >= 0.3 is 0 Å². The van der Waals surface area contributed by atoms with E-state index in [1.807, 2.05) is 25.1 Å². The van der Waals surface area contributed by atoms with Crippen molar-refractivity contribution in [1.29, 1.82) is 0 Å². The van der Waals surface area contributed by atoms with E-state index in [0.29, 0.717) is 37.6 Å². The lowest BCUT2D eigenvalue weighted by Crippen LogP contribution is -2.31. The highest BCUT2D eigenvalue weighted by Gasteiger charge is 2.14. The van der Waals surface area contributed by atoms with E-state index in [0.717, 1.165) is 5.56 Å². The molecule has 0 saturated carbocycles. The first-order valence-electron chi connectivity index (χ1n) is 7.49. The number of amides is 1. The van der Waals surface area contributed by atoms with Gasteiger partial charge in [-0.15, -0.1) is 0 Å². The number of nitrogens with zero attached hydrogens (tertiary/aromatic N) is 4. The highest BCUT2D eigenvalue weighted by molar-refractivity contribution is 5.76. The molecule has 2 aromatic rings. The molecular weight excluding hydrogens is 296 g/mol. The number of methoxy groups -OCH3 is 2. The van der Waals surface area contributed by atoms with Crippen LogP contribution < -0.4 is 9.47 Å². The van der Waals surface area contributed by atoms with E-state index < -0.39 is 0 Å². The van der Waals surface area contributed by atoms with Crippen LogP contribution in [0.2, 0.25) is 0 Å². The SMILES string of the molecule is CCN(Cc1ccc(OC)c(OC)c1)C(=O)CCn1cncn1. The van der Waals surface area contributed by atoms with Crippen molar-refractivity contribution in [3.8, 4) is 11.5 Å². The Bertz CT molecular complexity index is 628. The maximum Gasteiger partial charge on any atom is 0.224 e. The summed E-state index contributed by atoms with van der Waals surface area (Å²) in [5, 5.41) is 4.00. The zero-order chi connectivity index (χ0) is 16.7. The molecule has 23 heavy (non-hydrogen) atoms. The van der Waals surface area contributed by atoms with Gasteiger partial charge in [0.2, 0.25) is 5.91 Å². The second-order valence-electron chi connectivity index (χ2n) is 5.01. The highest BCUT2D eigenvalue weighted by Crippen LogP contribution is 2.28. The van der Waals surface area contributed by atoms with Crippen LogP contribution in [0.15, 0.2) is 30.9 Å². The van der Waals surface area contributed by atoms with E-state index in [2.05, 4.69) is 10.1 Å². The Morgan fingerprint density at radius 3 is 2.65 bits per heavy atom. The molecule has 0 fully saturated rings. The number of hydrogen-bond donors (Lipinski definition) is 0. The second-order valence-corrected chi connectivity index (χ2v) is 5.01. The quantitative estimate of drug-likeness (QED) is 0.741. The highest BCUT2D eigenvalue weighted by atomic mass is 16.5. The van der Waals surface area contributed by atoms with Gasteiger partial charge in [-0.1, -0.05) is 6.07 Å². The van der Waals surface area contributed by atoms with Crippen molar-refractivity contribution in [1.82, 2.24) is 19.7 Å². The van der Waals surface area contributed by atoms with E-state index in [1.165, 1.54) is 6.33 Å². The molecule has 0 radical (unpaired) electrons. The molecule has 0 bridgehead atoms. The smallest absolute Gasteiger partial charge is 0.224 e. The lowest BCUT2D eigenvalue weighted by molar-refractivity contribution is -0.131. The number of rotatable bonds is 8. The third-order valence-corrected chi connectivity index (χ3v) is 3.58. The Kier molecular flexibility index (Phi) is 5.96. The third kappa shape index (κ3) is 4.45. The van der Waals surface area contributed by atoms with Gasteiger partial charge in [-0.3, -0.25) is 9.48 Å². The fourth-order valence-electron chi connectivity index (χ4n) is 2.29. The van der Waals surface area contributed by atoms with Crippen LogP contribution in [-0.4, -0.2) is 46.3 Å². The van der Waals surface area contributed by atoms with Gasteiger partial charge in [0.25, 0.3) is 0 Å². The molecule has 124 valence electrons. The van der Waals surface area contributed by atoms with Gasteiger partial charge < -0.3 is 14.4 Å². The number of carbonyl (C=O) groups is 1. The largest absolute Gasteiger partial charge is 0.493 e. The summed E-state index contributed by atoms with van der Waals surface area (Å²) >= 11 is 0. The van der Waals surface area contributed by atoms with Crippen molar-refractivity contribution >= 4 is 5.91 Å². The first-order valence-corrected chi connectivity index (χ1v) is 7.49. The molecule has 0 unspecified atom stereocenters. The number of aryl methyl sites for hydroxylation is 1. The zero-order valence-electron chi connectivity index (χ0n) is 13.7. The Morgan fingerprint density at radius 2 is 2.04 bits per heavy atom. The predicted octanol–water partition coefficient (Wildman–Crippen LogP) is 1.73. The van der Waals surface area contributed by atoms with Crippen molar-refractivity contribution in [3.05, 3.63) is 36.4 Å². The summed E-state index contributed by atoms with van der Waals surface area (Å²) in [6.45, 7) is 3.67. The van der Waals surface area contributed by atoms with Crippen LogP contribution in [0.25, 0.3) is 0 Å². The van der Waals surface area contributed by atoms with E-state index in [1.54, 1.807) is 30.1 Å². The van der Waals surface area contributed by atoms with Crippen LogP contribution in [0.4, 0.5) is 0 Å². The number of hydrogen-bond acceptors (Lipinski definition) is 5. The van der Waals surface area contributed by atoms with Crippen LogP contribution >= 0.6 is 0 Å². The normalized spacial score (nSPS) is 10.4. The summed E-state index contributed by atoms with van der Waals surface area (Å²) in [5.41, 5.74) is 0.999. The molecule has 1 amide bonds. The molecule has 0 spiro atoms. The summed E-state index contributed by atoms with van der Waals surface area (Å²) in [7, 11) is 3.20. The van der Waals surface area contributed by atoms with Crippen molar-refractivity contribution in [2.45, 2.75) is 26.4 Å². The second kappa shape index (κ2) is 8.17. The molecule has 0 atom stereocenters. The molecular formula is C16H22N4O3. The van der Waals surface area contributed by atoms with Crippen LogP contribution in [0, 0.1) is 0 Å². The number of ether oxygens (including phenoxy) is 2. The van der Waals surface area contributed by atoms with Crippen LogP contribution in [-0.2, 0) is 17.9 Å². The first kappa shape index (κ1) is 16.8. The minimum Gasteiger partial charge on any atom is -0.493 e. The lowest BCUT2D eigenvalue weighted by Gasteiger charge is -2.21. The number of benzene rings is 1. The van der Waals surface area contributed by atoms with Crippen LogP contribution in [0.3, 0.4) is 0 Å². The maximum absolute atomic E-state index is 12.4. The number of aromatic nitrogens is 3. The fraction of sp³-hybridized carbons (Fsp3) is 0.438. The molecule has 7 heteroatoms. The van der Waals surface area contributed by atoms with Crippen LogP contribution in [0.1, 0.15) is 18.9 Å². The van der Waals surface area contributed by atoms with E-state index in [-0.39, 0.29) is 5.91 Å². The molecule has 2 rings (SSSR count). The Balaban J connectivity index is 1.99. The van der Waals surface area contributed by atoms with Gasteiger partial charge in [0.05, 0.1) is 20.8 Å². The Morgan fingerprint density at radius 1 is 1.26 bits per heavy atom. The van der Waals surface area contributed by atoms with Gasteiger partial charge in [0.1, 0.15) is 12.7 Å². The van der Waals surface area contributed by atoms with Crippen LogP contribution in [0.5, 0.6) is 11.5 Å². The predicted molar refractivity (Wildman–Crippen MR) is 85.3 cm³/mol. The third-order valence-electron chi connectivity index (χ3n) is 3.58. The average Bonchev–Trinajstić information content (AvgIpc) is 3.10. The Hall–Kier alpha value is -2.57. The Labute approximate surface area is 135 Å². The lowest BCUT2D eigenvalue weighted by atomic mass is 10.1.